The molecule has 3 rings (SSSR count). The first-order valence-corrected chi connectivity index (χ1v) is 11.6. The van der Waals surface area contributed by atoms with E-state index >= 15 is 0 Å². The third-order valence-electron chi connectivity index (χ3n) is 5.73. The summed E-state index contributed by atoms with van der Waals surface area (Å²) in [6.45, 7) is 9.66. The van der Waals surface area contributed by atoms with E-state index in [4.69, 9.17) is 14.5 Å². The van der Waals surface area contributed by atoms with Gasteiger partial charge < -0.3 is 19.7 Å². The Kier molecular flexibility index (Phi) is 8.40. The number of nitrogens with zero attached hydrogens (tertiary/aromatic N) is 2. The third kappa shape index (κ3) is 6.03. The lowest BCUT2D eigenvalue weighted by atomic mass is 9.87. The van der Waals surface area contributed by atoms with Crippen LogP contribution >= 0.6 is 11.8 Å². The lowest BCUT2D eigenvalue weighted by Crippen LogP contribution is -2.53. The van der Waals surface area contributed by atoms with Crippen LogP contribution in [0.15, 0.2) is 4.99 Å². The molecule has 0 radical (unpaired) electrons. The van der Waals surface area contributed by atoms with Crippen molar-refractivity contribution in [3.8, 4) is 0 Å². The van der Waals surface area contributed by atoms with Gasteiger partial charge in [0.05, 0.1) is 13.2 Å². The van der Waals surface area contributed by atoms with Crippen LogP contribution in [0.4, 0.5) is 0 Å². The summed E-state index contributed by atoms with van der Waals surface area (Å²) in [5.41, 5.74) is 0. The fourth-order valence-electron chi connectivity index (χ4n) is 4.27. The lowest BCUT2D eigenvalue weighted by Gasteiger charge is -2.45. The van der Waals surface area contributed by atoms with Crippen LogP contribution in [-0.4, -0.2) is 74.0 Å². The fourth-order valence-corrected chi connectivity index (χ4v) is 5.84. The average Bonchev–Trinajstić information content (AvgIpc) is 3.18. The Morgan fingerprint density at radius 2 is 2.23 bits per heavy atom. The molecule has 0 aromatic heterocycles. The number of guanidine groups is 1. The van der Waals surface area contributed by atoms with E-state index in [2.05, 4.69) is 28.9 Å². The number of thioether (sulfide) groups is 1. The quantitative estimate of drug-likeness (QED) is 0.416. The molecule has 2 heterocycles. The van der Waals surface area contributed by atoms with Crippen LogP contribution in [0.3, 0.4) is 0 Å². The van der Waals surface area contributed by atoms with E-state index in [-0.39, 0.29) is 0 Å². The molecule has 150 valence electrons. The van der Waals surface area contributed by atoms with Crippen LogP contribution in [0.1, 0.15) is 51.9 Å². The number of hydrogen-bond donors (Lipinski definition) is 1. The highest BCUT2D eigenvalue weighted by Gasteiger charge is 2.38. The van der Waals surface area contributed by atoms with Gasteiger partial charge >= 0.3 is 0 Å². The van der Waals surface area contributed by atoms with E-state index in [0.29, 0.717) is 10.7 Å². The van der Waals surface area contributed by atoms with E-state index in [1.54, 1.807) is 0 Å². The molecule has 1 atom stereocenters. The van der Waals surface area contributed by atoms with Gasteiger partial charge in [-0.05, 0) is 32.6 Å². The fraction of sp³-hybridized carbons (Fsp3) is 0.950. The van der Waals surface area contributed by atoms with E-state index < -0.39 is 0 Å². The summed E-state index contributed by atoms with van der Waals surface area (Å²) < 4.78 is 11.7. The van der Waals surface area contributed by atoms with E-state index in [1.165, 1.54) is 44.4 Å². The molecule has 0 aromatic carbocycles. The molecular weight excluding hydrogens is 346 g/mol. The van der Waals surface area contributed by atoms with Crippen molar-refractivity contribution in [3.05, 3.63) is 0 Å². The summed E-state index contributed by atoms with van der Waals surface area (Å²) in [6, 6.07) is 0. The highest BCUT2D eigenvalue weighted by Crippen LogP contribution is 2.42. The molecule has 1 unspecified atom stereocenters. The maximum absolute atomic E-state index is 5.81. The molecule has 1 N–H and O–H groups in total. The van der Waals surface area contributed by atoms with Crippen molar-refractivity contribution in [2.45, 2.75) is 56.6 Å². The normalized spacial score (nSPS) is 26.4. The second-order valence-corrected chi connectivity index (χ2v) is 9.47. The summed E-state index contributed by atoms with van der Waals surface area (Å²) >= 11 is 2.22. The number of rotatable bonds is 7. The Balaban J connectivity index is 1.42. The van der Waals surface area contributed by atoms with E-state index in [0.717, 1.165) is 64.9 Å². The van der Waals surface area contributed by atoms with Crippen molar-refractivity contribution >= 4 is 17.7 Å². The Morgan fingerprint density at radius 1 is 1.35 bits per heavy atom. The molecule has 26 heavy (non-hydrogen) atoms. The van der Waals surface area contributed by atoms with E-state index in [9.17, 15) is 0 Å². The maximum atomic E-state index is 5.81. The Morgan fingerprint density at radius 3 is 3.00 bits per heavy atom. The van der Waals surface area contributed by atoms with Crippen molar-refractivity contribution in [2.24, 2.45) is 10.9 Å². The van der Waals surface area contributed by atoms with E-state index in [1.807, 2.05) is 0 Å². The van der Waals surface area contributed by atoms with Crippen molar-refractivity contribution in [1.82, 2.24) is 10.2 Å². The molecule has 3 fully saturated rings. The Bertz CT molecular complexity index is 429. The summed E-state index contributed by atoms with van der Waals surface area (Å²) in [7, 11) is 0. The highest BCUT2D eigenvalue weighted by atomic mass is 32.2. The topological polar surface area (TPSA) is 46.1 Å². The van der Waals surface area contributed by atoms with Gasteiger partial charge in [0.2, 0.25) is 0 Å². The minimum atomic E-state index is 0.485. The SMILES string of the molecule is CCNC(=NCCCOCC1CCOC1)N1CCSC2(CCCCC2)C1. The maximum Gasteiger partial charge on any atom is 0.193 e. The molecule has 1 aliphatic carbocycles. The number of ether oxygens (including phenoxy) is 2. The molecule has 3 aliphatic rings. The smallest absolute Gasteiger partial charge is 0.193 e. The average molecular weight is 384 g/mol. The number of hydrogen-bond acceptors (Lipinski definition) is 4. The van der Waals surface area contributed by atoms with Crippen LogP contribution in [0.25, 0.3) is 0 Å². The molecule has 2 saturated heterocycles. The molecule has 0 bridgehead atoms. The van der Waals surface area contributed by atoms with Gasteiger partial charge in [-0.2, -0.15) is 11.8 Å². The third-order valence-corrected chi connectivity index (χ3v) is 7.27. The first kappa shape index (κ1) is 20.3. The van der Waals surface area contributed by atoms with Gasteiger partial charge in [-0.25, -0.2) is 0 Å². The Hall–Kier alpha value is -0.460. The molecule has 6 heteroatoms. The first-order valence-electron chi connectivity index (χ1n) is 10.6. The summed E-state index contributed by atoms with van der Waals surface area (Å²) in [4.78, 5) is 7.42. The molecule has 0 aromatic rings. The van der Waals surface area contributed by atoms with Gasteiger partial charge in [-0.15, -0.1) is 0 Å². The van der Waals surface area contributed by atoms with Crippen molar-refractivity contribution in [3.63, 3.8) is 0 Å². The minimum absolute atomic E-state index is 0.485. The summed E-state index contributed by atoms with van der Waals surface area (Å²) in [5, 5.41) is 3.52. The molecule has 2 aliphatic heterocycles. The van der Waals surface area contributed by atoms with Crippen molar-refractivity contribution in [1.29, 1.82) is 0 Å². The van der Waals surface area contributed by atoms with Crippen LogP contribution < -0.4 is 5.32 Å². The van der Waals surface area contributed by atoms with Crippen LogP contribution in [-0.2, 0) is 9.47 Å². The monoisotopic (exact) mass is 383 g/mol. The van der Waals surface area contributed by atoms with Gasteiger partial charge in [0.25, 0.3) is 0 Å². The zero-order valence-electron chi connectivity index (χ0n) is 16.5. The van der Waals surface area contributed by atoms with Gasteiger partial charge in [-0.1, -0.05) is 19.3 Å². The lowest BCUT2D eigenvalue weighted by molar-refractivity contribution is 0.0893. The largest absolute Gasteiger partial charge is 0.381 e. The molecule has 1 saturated carbocycles. The van der Waals surface area contributed by atoms with Crippen molar-refractivity contribution in [2.75, 3.05) is 58.4 Å². The summed E-state index contributed by atoms with van der Waals surface area (Å²) in [5.74, 6) is 2.95. The number of nitrogens with one attached hydrogen (secondary N) is 1. The second kappa shape index (κ2) is 10.8. The molecule has 0 amide bonds. The van der Waals surface area contributed by atoms with Gasteiger partial charge in [-0.3, -0.25) is 4.99 Å². The summed E-state index contributed by atoms with van der Waals surface area (Å²) in [6.07, 6.45) is 9.13. The first-order chi connectivity index (χ1) is 12.8. The second-order valence-electron chi connectivity index (χ2n) is 7.91. The Labute approximate surface area is 163 Å². The zero-order chi connectivity index (χ0) is 18.1. The van der Waals surface area contributed by atoms with Gasteiger partial charge in [0.15, 0.2) is 5.96 Å². The standard InChI is InChI=1S/C20H37N3O2S/c1-2-21-19(22-10-6-12-24-15-18-7-13-25-16-18)23-11-14-26-20(17-23)8-4-3-5-9-20/h18H,2-17H2,1H3,(H,21,22). The highest BCUT2D eigenvalue weighted by molar-refractivity contribution is 8.00. The zero-order valence-corrected chi connectivity index (χ0v) is 17.3. The molecular formula is C20H37N3O2S. The van der Waals surface area contributed by atoms with Crippen molar-refractivity contribution < 1.29 is 9.47 Å². The van der Waals surface area contributed by atoms with Gasteiger partial charge in [0, 0.05) is 55.8 Å². The molecule has 1 spiro atoms. The predicted molar refractivity (Wildman–Crippen MR) is 110 cm³/mol. The van der Waals surface area contributed by atoms with Crippen LogP contribution in [0.5, 0.6) is 0 Å². The predicted octanol–water partition coefficient (Wildman–Crippen LogP) is 3.15. The van der Waals surface area contributed by atoms with Crippen LogP contribution in [0, 0.1) is 5.92 Å². The number of aliphatic imine (C=N–C) groups is 1. The van der Waals surface area contributed by atoms with Crippen LogP contribution in [0.2, 0.25) is 0 Å². The molecule has 5 nitrogen and oxygen atoms in total. The minimum Gasteiger partial charge on any atom is -0.381 e. The van der Waals surface area contributed by atoms with Gasteiger partial charge in [0.1, 0.15) is 0 Å².